The minimum Gasteiger partial charge on any atom is -0.481 e. The Morgan fingerprint density at radius 2 is 1.58 bits per heavy atom. The zero-order valence-electron chi connectivity index (χ0n) is 18.8. The standard InChI is InChI=1S/C26H30N2O5/c1-16(24(29)28-23-14-4-2-3-13-21(23)25(30)31)27-26(32)33-15-22-19-11-7-5-9-17(19)18-10-6-8-12-20(18)22/h5-12,16,21-23H,2-4,13-15H2,1H3,(H,27,32)(H,28,29)(H,30,31)/t16?,21-,23+/m0/s1. The number of nitrogens with one attached hydrogen (secondary N) is 2. The van der Waals surface area contributed by atoms with Gasteiger partial charge < -0.3 is 20.5 Å². The summed E-state index contributed by atoms with van der Waals surface area (Å²) in [4.78, 5) is 36.7. The van der Waals surface area contributed by atoms with E-state index in [1.54, 1.807) is 6.92 Å². The van der Waals surface area contributed by atoms with Crippen molar-refractivity contribution in [2.45, 2.75) is 57.0 Å². The maximum atomic E-state index is 12.6. The van der Waals surface area contributed by atoms with Gasteiger partial charge in [-0.2, -0.15) is 0 Å². The molecule has 2 aromatic carbocycles. The van der Waals surface area contributed by atoms with Gasteiger partial charge in [-0.1, -0.05) is 67.8 Å². The van der Waals surface area contributed by atoms with E-state index in [9.17, 15) is 19.5 Å². The molecule has 4 rings (SSSR count). The van der Waals surface area contributed by atoms with Gasteiger partial charge >= 0.3 is 12.1 Å². The van der Waals surface area contributed by atoms with Crippen molar-refractivity contribution in [2.75, 3.05) is 6.61 Å². The van der Waals surface area contributed by atoms with Crippen molar-refractivity contribution >= 4 is 18.0 Å². The molecule has 3 atom stereocenters. The lowest BCUT2D eigenvalue weighted by Gasteiger charge is -2.25. The second-order valence-electron chi connectivity index (χ2n) is 8.89. The van der Waals surface area contributed by atoms with E-state index in [4.69, 9.17) is 4.74 Å². The van der Waals surface area contributed by atoms with Gasteiger partial charge in [0.15, 0.2) is 0 Å². The molecule has 174 valence electrons. The lowest BCUT2D eigenvalue weighted by molar-refractivity contribution is -0.143. The normalized spacial score (nSPS) is 20.6. The number of rotatable bonds is 6. The second kappa shape index (κ2) is 10.1. The predicted octanol–water partition coefficient (Wildman–Crippen LogP) is 4.06. The third kappa shape index (κ3) is 5.02. The predicted molar refractivity (Wildman–Crippen MR) is 124 cm³/mol. The SMILES string of the molecule is CC(NC(=O)OCC1c2ccccc2-c2ccccc21)C(=O)N[C@@H]1CCCCC[C@@H]1C(=O)O. The van der Waals surface area contributed by atoms with Crippen LogP contribution in [0.25, 0.3) is 11.1 Å². The van der Waals surface area contributed by atoms with Crippen molar-refractivity contribution in [3.63, 3.8) is 0 Å². The highest BCUT2D eigenvalue weighted by Gasteiger charge is 2.32. The molecule has 33 heavy (non-hydrogen) atoms. The molecule has 1 fully saturated rings. The smallest absolute Gasteiger partial charge is 0.407 e. The van der Waals surface area contributed by atoms with Crippen LogP contribution in [-0.2, 0) is 14.3 Å². The third-order valence-electron chi connectivity index (χ3n) is 6.73. The number of carboxylic acids is 1. The summed E-state index contributed by atoms with van der Waals surface area (Å²) in [5, 5.41) is 14.9. The van der Waals surface area contributed by atoms with Crippen molar-refractivity contribution in [3.05, 3.63) is 59.7 Å². The molecule has 2 aliphatic rings. The average molecular weight is 451 g/mol. The molecule has 7 nitrogen and oxygen atoms in total. The van der Waals surface area contributed by atoms with Crippen molar-refractivity contribution in [1.82, 2.24) is 10.6 Å². The van der Waals surface area contributed by atoms with Crippen LogP contribution in [0.3, 0.4) is 0 Å². The number of amides is 2. The number of benzene rings is 2. The topological polar surface area (TPSA) is 105 Å². The monoisotopic (exact) mass is 450 g/mol. The fourth-order valence-corrected chi connectivity index (χ4v) is 4.97. The summed E-state index contributed by atoms with van der Waals surface area (Å²) in [6.45, 7) is 1.74. The molecular weight excluding hydrogens is 420 g/mol. The first-order chi connectivity index (χ1) is 16.0. The van der Waals surface area contributed by atoms with Gasteiger partial charge in [-0.15, -0.1) is 0 Å². The Labute approximate surface area is 193 Å². The second-order valence-corrected chi connectivity index (χ2v) is 8.89. The van der Waals surface area contributed by atoms with E-state index in [2.05, 4.69) is 22.8 Å². The Morgan fingerprint density at radius 1 is 0.970 bits per heavy atom. The molecule has 0 aromatic heterocycles. The van der Waals surface area contributed by atoms with Gasteiger partial charge in [-0.25, -0.2) is 4.79 Å². The Morgan fingerprint density at radius 3 is 2.21 bits per heavy atom. The van der Waals surface area contributed by atoms with Gasteiger partial charge in [0.1, 0.15) is 12.6 Å². The van der Waals surface area contributed by atoms with E-state index in [1.807, 2.05) is 36.4 Å². The molecular formula is C26H30N2O5. The summed E-state index contributed by atoms with van der Waals surface area (Å²) >= 11 is 0. The quantitative estimate of drug-likeness (QED) is 0.576. The van der Waals surface area contributed by atoms with E-state index in [1.165, 1.54) is 0 Å². The number of ether oxygens (including phenoxy) is 1. The van der Waals surface area contributed by atoms with Crippen LogP contribution in [0.15, 0.2) is 48.5 Å². The van der Waals surface area contributed by atoms with Crippen LogP contribution < -0.4 is 10.6 Å². The van der Waals surface area contributed by atoms with Crippen molar-refractivity contribution in [1.29, 1.82) is 0 Å². The number of carbonyl (C=O) groups excluding carboxylic acids is 2. The molecule has 2 amide bonds. The van der Waals surface area contributed by atoms with Gasteiger partial charge in [0.25, 0.3) is 0 Å². The molecule has 2 aromatic rings. The number of hydrogen-bond donors (Lipinski definition) is 3. The van der Waals surface area contributed by atoms with E-state index >= 15 is 0 Å². The number of fused-ring (bicyclic) bond motifs is 3. The molecule has 0 aliphatic heterocycles. The summed E-state index contributed by atoms with van der Waals surface area (Å²) in [6, 6.07) is 14.9. The van der Waals surface area contributed by atoms with Crippen molar-refractivity contribution in [3.8, 4) is 11.1 Å². The molecule has 7 heteroatoms. The molecule has 3 N–H and O–H groups in total. The lowest BCUT2D eigenvalue weighted by Crippen LogP contribution is -2.51. The van der Waals surface area contributed by atoms with Crippen molar-refractivity contribution < 1.29 is 24.2 Å². The molecule has 0 radical (unpaired) electrons. The first kappa shape index (κ1) is 22.8. The lowest BCUT2D eigenvalue weighted by atomic mass is 9.94. The first-order valence-corrected chi connectivity index (χ1v) is 11.6. The van der Waals surface area contributed by atoms with Gasteiger partial charge in [0.05, 0.1) is 5.92 Å². The van der Waals surface area contributed by atoms with Crippen LogP contribution >= 0.6 is 0 Å². The van der Waals surface area contributed by atoms with Crippen molar-refractivity contribution in [2.24, 2.45) is 5.92 Å². The summed E-state index contributed by atoms with van der Waals surface area (Å²) in [6.07, 6.45) is 3.19. The van der Waals surface area contributed by atoms with E-state index in [-0.39, 0.29) is 12.5 Å². The summed E-state index contributed by atoms with van der Waals surface area (Å²) in [5.41, 5.74) is 4.52. The largest absolute Gasteiger partial charge is 0.481 e. The summed E-state index contributed by atoms with van der Waals surface area (Å²) < 4.78 is 5.51. The summed E-state index contributed by atoms with van der Waals surface area (Å²) in [5.74, 6) is -1.95. The minimum atomic E-state index is -0.889. The average Bonchev–Trinajstić information content (AvgIpc) is 2.94. The maximum absolute atomic E-state index is 12.6. The van der Waals surface area contributed by atoms with Gasteiger partial charge in [0, 0.05) is 12.0 Å². The maximum Gasteiger partial charge on any atom is 0.407 e. The number of carboxylic acid groups (broad SMARTS) is 1. The van der Waals surface area contributed by atoms with Crippen LogP contribution in [0.5, 0.6) is 0 Å². The Balaban J connectivity index is 1.33. The first-order valence-electron chi connectivity index (χ1n) is 11.6. The van der Waals surface area contributed by atoms with Crippen LogP contribution in [0, 0.1) is 5.92 Å². The summed E-state index contributed by atoms with van der Waals surface area (Å²) in [7, 11) is 0. The van der Waals surface area contributed by atoms with Crippen LogP contribution in [0.1, 0.15) is 56.1 Å². The van der Waals surface area contributed by atoms with Crippen LogP contribution in [0.2, 0.25) is 0 Å². The van der Waals surface area contributed by atoms with E-state index < -0.39 is 36.0 Å². The highest BCUT2D eigenvalue weighted by molar-refractivity contribution is 5.86. The molecule has 0 saturated heterocycles. The molecule has 0 bridgehead atoms. The van der Waals surface area contributed by atoms with E-state index in [0.29, 0.717) is 12.8 Å². The highest BCUT2D eigenvalue weighted by Crippen LogP contribution is 2.44. The zero-order chi connectivity index (χ0) is 23.4. The van der Waals surface area contributed by atoms with Crippen LogP contribution in [-0.4, -0.2) is 41.8 Å². The van der Waals surface area contributed by atoms with Gasteiger partial charge in [0.2, 0.25) is 5.91 Å². The molecule has 2 aliphatic carbocycles. The number of carbonyl (C=O) groups is 3. The molecule has 1 unspecified atom stereocenters. The van der Waals surface area contributed by atoms with Crippen LogP contribution in [0.4, 0.5) is 4.79 Å². The van der Waals surface area contributed by atoms with Gasteiger partial charge in [-0.05, 0) is 42.0 Å². The Bertz CT molecular complexity index is 991. The third-order valence-corrected chi connectivity index (χ3v) is 6.73. The molecule has 0 heterocycles. The number of hydrogen-bond acceptors (Lipinski definition) is 4. The number of aliphatic carboxylic acids is 1. The van der Waals surface area contributed by atoms with E-state index in [0.717, 1.165) is 41.5 Å². The Hall–Kier alpha value is -3.35. The fraction of sp³-hybridized carbons (Fsp3) is 0.423. The molecule has 0 spiro atoms. The molecule has 1 saturated carbocycles. The van der Waals surface area contributed by atoms with Gasteiger partial charge in [-0.3, -0.25) is 9.59 Å². The fourth-order valence-electron chi connectivity index (χ4n) is 4.97. The Kier molecular flexibility index (Phi) is 6.96. The highest BCUT2D eigenvalue weighted by atomic mass is 16.5. The number of alkyl carbamates (subject to hydrolysis) is 1. The zero-order valence-corrected chi connectivity index (χ0v) is 18.8. The minimum absolute atomic E-state index is 0.0606.